The van der Waals surface area contributed by atoms with Crippen molar-refractivity contribution in [3.05, 3.63) is 40.5 Å². The van der Waals surface area contributed by atoms with Crippen molar-refractivity contribution in [3.8, 4) is 0 Å². The minimum Gasteiger partial charge on any atom is -0.346 e. The average molecular weight is 622 g/mol. The van der Waals surface area contributed by atoms with Gasteiger partial charge in [-0.05, 0) is 73.2 Å². The third-order valence-corrected chi connectivity index (χ3v) is 7.59. The van der Waals surface area contributed by atoms with E-state index in [4.69, 9.17) is 0 Å². The summed E-state index contributed by atoms with van der Waals surface area (Å²) in [7, 11) is 0. The lowest BCUT2D eigenvalue weighted by molar-refractivity contribution is -0.141. The molecule has 0 spiro atoms. The van der Waals surface area contributed by atoms with Gasteiger partial charge in [0.2, 0.25) is 11.8 Å². The van der Waals surface area contributed by atoms with Crippen molar-refractivity contribution in [2.45, 2.75) is 76.7 Å². The van der Waals surface area contributed by atoms with Crippen LogP contribution in [-0.4, -0.2) is 46.8 Å². The van der Waals surface area contributed by atoms with Gasteiger partial charge < -0.3 is 16.0 Å². The van der Waals surface area contributed by atoms with Gasteiger partial charge in [-0.3, -0.25) is 14.4 Å². The van der Waals surface area contributed by atoms with Gasteiger partial charge in [-0.1, -0.05) is 19.0 Å². The molecule has 1 heterocycles. The summed E-state index contributed by atoms with van der Waals surface area (Å²) in [6.45, 7) is 2.60. The van der Waals surface area contributed by atoms with E-state index in [1.165, 1.54) is 5.32 Å². The number of amides is 3. The molecule has 43 heavy (non-hydrogen) atoms. The van der Waals surface area contributed by atoms with E-state index in [1.807, 2.05) is 0 Å². The zero-order chi connectivity index (χ0) is 31.9. The third-order valence-electron chi connectivity index (χ3n) is 7.59. The molecular formula is C27H30F7N5O4. The summed E-state index contributed by atoms with van der Waals surface area (Å²) in [6, 6.07) is -0.611. The topological polar surface area (TPSA) is 126 Å². The number of benzene rings is 1. The van der Waals surface area contributed by atoms with E-state index in [0.717, 1.165) is 32.6 Å². The molecule has 0 saturated heterocycles. The highest BCUT2D eigenvalue weighted by Crippen LogP contribution is 2.51. The van der Waals surface area contributed by atoms with Crippen LogP contribution in [0.3, 0.4) is 0 Å². The zero-order valence-electron chi connectivity index (χ0n) is 23.3. The number of carbonyl (C=O) groups is 3. The van der Waals surface area contributed by atoms with Gasteiger partial charge in [-0.2, -0.15) is 26.3 Å². The molecule has 0 aliphatic heterocycles. The number of carbonyl (C=O) groups excluding carboxylic acids is 3. The second-order valence-electron chi connectivity index (χ2n) is 11.3. The Morgan fingerprint density at radius 2 is 1.56 bits per heavy atom. The molecule has 1 aromatic carbocycles. The predicted molar refractivity (Wildman–Crippen MR) is 136 cm³/mol. The molecule has 2 aliphatic rings. The van der Waals surface area contributed by atoms with Crippen LogP contribution in [0.15, 0.2) is 16.8 Å². The van der Waals surface area contributed by atoms with Crippen molar-refractivity contribution < 1.29 is 49.7 Å². The number of halogens is 7. The highest BCUT2D eigenvalue weighted by molar-refractivity contribution is 6.01. The smallest absolute Gasteiger partial charge is 0.346 e. The van der Waals surface area contributed by atoms with Crippen LogP contribution in [0, 0.1) is 23.6 Å². The SMILES string of the molecule is CC(C)c1nonc1C(=O)N[C@H](C(=O)Nc1cc(C(F)(F)F)c(C(C)C(=O)NCC(F)(F)F)cc1F)C(C1CC1)C1CC1. The third kappa shape index (κ3) is 7.82. The van der Waals surface area contributed by atoms with E-state index in [-0.39, 0.29) is 41.1 Å². The van der Waals surface area contributed by atoms with Gasteiger partial charge in [-0.15, -0.1) is 0 Å². The lowest BCUT2D eigenvalue weighted by Gasteiger charge is -2.28. The number of alkyl halides is 6. The predicted octanol–water partition coefficient (Wildman–Crippen LogP) is 5.31. The quantitative estimate of drug-likeness (QED) is 0.292. The second kappa shape index (κ2) is 12.1. The molecule has 236 valence electrons. The van der Waals surface area contributed by atoms with Crippen LogP contribution in [0.4, 0.5) is 36.4 Å². The molecule has 2 aliphatic carbocycles. The molecule has 2 saturated carbocycles. The maximum absolute atomic E-state index is 15.2. The highest BCUT2D eigenvalue weighted by atomic mass is 19.4. The van der Waals surface area contributed by atoms with Crippen molar-refractivity contribution >= 4 is 23.4 Å². The summed E-state index contributed by atoms with van der Waals surface area (Å²) in [5, 5.41) is 13.6. The van der Waals surface area contributed by atoms with Crippen LogP contribution >= 0.6 is 0 Å². The molecule has 4 rings (SSSR count). The van der Waals surface area contributed by atoms with Crippen LogP contribution in [0.5, 0.6) is 0 Å². The molecule has 9 nitrogen and oxygen atoms in total. The van der Waals surface area contributed by atoms with Crippen molar-refractivity contribution in [1.82, 2.24) is 20.9 Å². The largest absolute Gasteiger partial charge is 0.416 e. The van der Waals surface area contributed by atoms with Crippen LogP contribution in [0.1, 0.15) is 85.6 Å². The molecular weight excluding hydrogens is 591 g/mol. The van der Waals surface area contributed by atoms with Gasteiger partial charge in [0.05, 0.1) is 17.2 Å². The molecule has 1 unspecified atom stereocenters. The standard InChI is InChI=1S/C27H30F7N5O4/c1-11(2)20-22(39-43-38-20)25(42)37-21(19(13-4-5-13)14-6-7-14)24(41)36-18-9-16(27(32,33)34)15(8-17(18)28)12(3)23(40)35-10-26(29,30)31/h8-9,11-14,19,21H,4-7,10H2,1-3H3,(H,35,40)(H,36,41)(H,37,42)/t12?,21-/m0/s1. The summed E-state index contributed by atoms with van der Waals surface area (Å²) in [5.74, 6) is -6.81. The maximum Gasteiger partial charge on any atom is 0.416 e. The monoisotopic (exact) mass is 621 g/mol. The zero-order valence-corrected chi connectivity index (χ0v) is 23.3. The van der Waals surface area contributed by atoms with Gasteiger partial charge in [0.25, 0.3) is 5.91 Å². The Morgan fingerprint density at radius 3 is 2.07 bits per heavy atom. The molecule has 3 N–H and O–H groups in total. The number of aromatic nitrogens is 2. The number of hydrogen-bond acceptors (Lipinski definition) is 6. The normalized spacial score (nSPS) is 17.1. The molecule has 2 aromatic rings. The van der Waals surface area contributed by atoms with E-state index >= 15 is 4.39 Å². The Morgan fingerprint density at radius 1 is 0.953 bits per heavy atom. The number of nitrogens with zero attached hydrogens (tertiary/aromatic N) is 2. The Bertz CT molecular complexity index is 1350. The van der Waals surface area contributed by atoms with E-state index in [1.54, 1.807) is 13.8 Å². The molecule has 1 aromatic heterocycles. The van der Waals surface area contributed by atoms with Gasteiger partial charge in [0.1, 0.15) is 24.1 Å². The second-order valence-corrected chi connectivity index (χ2v) is 11.3. The Kier molecular flexibility index (Phi) is 9.07. The first kappa shape index (κ1) is 32.2. The van der Waals surface area contributed by atoms with E-state index < -0.39 is 71.2 Å². The summed E-state index contributed by atoms with van der Waals surface area (Å²) in [5.41, 5.74) is -3.24. The first-order valence-corrected chi connectivity index (χ1v) is 13.7. The summed E-state index contributed by atoms with van der Waals surface area (Å²) in [6.07, 6.45) is -6.87. The van der Waals surface area contributed by atoms with Crippen molar-refractivity contribution in [1.29, 1.82) is 0 Å². The van der Waals surface area contributed by atoms with E-state index in [9.17, 15) is 40.7 Å². The Hall–Kier alpha value is -3.72. The fraction of sp³-hybridized carbons (Fsp3) is 0.593. The maximum atomic E-state index is 15.2. The highest BCUT2D eigenvalue weighted by Gasteiger charge is 2.49. The number of rotatable bonds is 11. The number of anilines is 1. The molecule has 2 atom stereocenters. The fourth-order valence-corrected chi connectivity index (χ4v) is 5.15. The van der Waals surface area contributed by atoms with E-state index in [0.29, 0.717) is 6.07 Å². The summed E-state index contributed by atoms with van der Waals surface area (Å²) in [4.78, 5) is 38.9. The first-order valence-electron chi connectivity index (χ1n) is 13.7. The van der Waals surface area contributed by atoms with Gasteiger partial charge in [0.15, 0.2) is 5.69 Å². The van der Waals surface area contributed by atoms with Crippen molar-refractivity contribution in [3.63, 3.8) is 0 Å². The van der Waals surface area contributed by atoms with Crippen LogP contribution in [-0.2, 0) is 15.8 Å². The summed E-state index contributed by atoms with van der Waals surface area (Å²) >= 11 is 0. The molecule has 16 heteroatoms. The first-order chi connectivity index (χ1) is 20.0. The van der Waals surface area contributed by atoms with Crippen molar-refractivity contribution in [2.24, 2.45) is 17.8 Å². The van der Waals surface area contributed by atoms with Crippen molar-refractivity contribution in [2.75, 3.05) is 11.9 Å². The van der Waals surface area contributed by atoms with Gasteiger partial charge in [0, 0.05) is 5.92 Å². The lowest BCUT2D eigenvalue weighted by Crippen LogP contribution is -2.50. The number of nitrogens with one attached hydrogen (secondary N) is 3. The van der Waals surface area contributed by atoms with Crippen LogP contribution in [0.25, 0.3) is 0 Å². The molecule has 3 amide bonds. The lowest BCUT2D eigenvalue weighted by atomic mass is 9.88. The minimum absolute atomic E-state index is 0.0672. The van der Waals surface area contributed by atoms with E-state index in [2.05, 4.69) is 25.6 Å². The Labute approximate surface area is 241 Å². The fourth-order valence-electron chi connectivity index (χ4n) is 5.15. The average Bonchev–Trinajstić information content (AvgIpc) is 3.85. The van der Waals surface area contributed by atoms with Gasteiger partial charge >= 0.3 is 12.4 Å². The van der Waals surface area contributed by atoms with Crippen LogP contribution in [0.2, 0.25) is 0 Å². The number of hydrogen-bond donors (Lipinski definition) is 3. The minimum atomic E-state index is -5.16. The van der Waals surface area contributed by atoms with Crippen LogP contribution < -0.4 is 16.0 Å². The molecule has 0 bridgehead atoms. The Balaban J connectivity index is 1.63. The molecule has 2 fully saturated rings. The van der Waals surface area contributed by atoms with Gasteiger partial charge in [-0.25, -0.2) is 9.02 Å². The summed E-state index contributed by atoms with van der Waals surface area (Å²) < 4.78 is 99.4. The molecule has 0 radical (unpaired) electrons.